The Morgan fingerprint density at radius 2 is 1.84 bits per heavy atom. The van der Waals surface area contributed by atoms with Gasteiger partial charge in [-0.05, 0) is 51.0 Å². The number of aryl methyl sites for hydroxylation is 2. The van der Waals surface area contributed by atoms with Gasteiger partial charge >= 0.3 is 0 Å². The van der Waals surface area contributed by atoms with Crippen LogP contribution in [0.2, 0.25) is 0 Å². The van der Waals surface area contributed by atoms with Gasteiger partial charge in [-0.15, -0.1) is 0 Å². The lowest BCUT2D eigenvalue weighted by Gasteiger charge is -2.27. The molecule has 6 heteroatoms. The number of aliphatic hydroxyl groups is 1. The SMILES string of the molecule is COc1ccc(C)cc1/C(O)=C1\C(=O)C(=O)N(CCOC(C)C)C1c1ccccc1C. The van der Waals surface area contributed by atoms with Crippen molar-refractivity contribution in [3.63, 3.8) is 0 Å². The van der Waals surface area contributed by atoms with E-state index in [1.165, 1.54) is 12.0 Å². The molecule has 2 aromatic rings. The molecule has 1 aliphatic rings. The van der Waals surface area contributed by atoms with Crippen LogP contribution in [0, 0.1) is 13.8 Å². The maximum Gasteiger partial charge on any atom is 0.295 e. The minimum atomic E-state index is -0.709. The van der Waals surface area contributed by atoms with E-state index in [9.17, 15) is 14.7 Å². The van der Waals surface area contributed by atoms with Crippen molar-refractivity contribution in [2.75, 3.05) is 20.3 Å². The molecule has 6 nitrogen and oxygen atoms in total. The second kappa shape index (κ2) is 9.35. The summed E-state index contributed by atoms with van der Waals surface area (Å²) < 4.78 is 11.0. The maximum atomic E-state index is 13.1. The van der Waals surface area contributed by atoms with E-state index in [0.717, 1.165) is 16.7 Å². The van der Waals surface area contributed by atoms with Crippen LogP contribution in [-0.4, -0.2) is 48.1 Å². The van der Waals surface area contributed by atoms with Gasteiger partial charge in [0.05, 0.1) is 37.0 Å². The number of ether oxygens (including phenoxy) is 2. The summed E-state index contributed by atoms with van der Waals surface area (Å²) in [6, 6.07) is 12.2. The van der Waals surface area contributed by atoms with Gasteiger partial charge < -0.3 is 19.5 Å². The largest absolute Gasteiger partial charge is 0.507 e. The molecule has 0 radical (unpaired) electrons. The zero-order valence-electron chi connectivity index (χ0n) is 18.6. The van der Waals surface area contributed by atoms with E-state index in [2.05, 4.69) is 0 Å². The maximum absolute atomic E-state index is 13.1. The molecule has 1 N–H and O–H groups in total. The van der Waals surface area contributed by atoms with E-state index in [4.69, 9.17) is 9.47 Å². The third kappa shape index (κ3) is 4.49. The Balaban J connectivity index is 2.18. The van der Waals surface area contributed by atoms with Crippen LogP contribution in [0.5, 0.6) is 5.75 Å². The third-order valence-electron chi connectivity index (χ3n) is 5.42. The van der Waals surface area contributed by atoms with E-state index in [1.807, 2.05) is 58.0 Å². The minimum Gasteiger partial charge on any atom is -0.507 e. The van der Waals surface area contributed by atoms with Crippen molar-refractivity contribution < 1.29 is 24.2 Å². The molecule has 1 heterocycles. The lowest BCUT2D eigenvalue weighted by molar-refractivity contribution is -0.140. The summed E-state index contributed by atoms with van der Waals surface area (Å²) in [6.45, 7) is 8.17. The second-order valence-electron chi connectivity index (χ2n) is 7.97. The van der Waals surface area contributed by atoms with Crippen molar-refractivity contribution >= 4 is 17.4 Å². The fraction of sp³-hybridized carbons (Fsp3) is 0.360. The van der Waals surface area contributed by atoms with Gasteiger partial charge in [0.2, 0.25) is 0 Å². The molecule has 1 saturated heterocycles. The van der Waals surface area contributed by atoms with Crippen LogP contribution in [0.15, 0.2) is 48.0 Å². The number of Topliss-reactive ketones (excluding diaryl/α,β-unsaturated/α-hetero) is 1. The highest BCUT2D eigenvalue weighted by Gasteiger charge is 2.46. The summed E-state index contributed by atoms with van der Waals surface area (Å²) >= 11 is 0. The molecule has 0 saturated carbocycles. The van der Waals surface area contributed by atoms with Crippen LogP contribution >= 0.6 is 0 Å². The molecule has 2 aromatic carbocycles. The van der Waals surface area contributed by atoms with Crippen LogP contribution in [0.4, 0.5) is 0 Å². The van der Waals surface area contributed by atoms with Gasteiger partial charge in [0, 0.05) is 6.54 Å². The summed E-state index contributed by atoms with van der Waals surface area (Å²) in [6.07, 6.45) is 0.00490. The molecular weight excluding hydrogens is 394 g/mol. The molecule has 1 aliphatic heterocycles. The molecule has 1 atom stereocenters. The third-order valence-corrected chi connectivity index (χ3v) is 5.42. The second-order valence-corrected chi connectivity index (χ2v) is 7.97. The highest BCUT2D eigenvalue weighted by molar-refractivity contribution is 6.46. The predicted octanol–water partition coefficient (Wildman–Crippen LogP) is 4.16. The number of hydrogen-bond acceptors (Lipinski definition) is 5. The zero-order valence-corrected chi connectivity index (χ0v) is 18.6. The van der Waals surface area contributed by atoms with Gasteiger partial charge in [-0.3, -0.25) is 9.59 Å². The van der Waals surface area contributed by atoms with Crippen molar-refractivity contribution in [2.45, 2.75) is 39.8 Å². The standard InChI is InChI=1S/C25H29NO5/c1-15(2)31-13-12-26-22(18-9-7-6-8-17(18)4)21(24(28)25(26)29)23(27)19-14-16(3)10-11-20(19)30-5/h6-11,14-15,22,27H,12-13H2,1-5H3/b23-21+. The Bertz CT molecular complexity index is 1020. The van der Waals surface area contributed by atoms with E-state index in [1.54, 1.807) is 12.1 Å². The van der Waals surface area contributed by atoms with Crippen molar-refractivity contribution in [2.24, 2.45) is 0 Å². The smallest absolute Gasteiger partial charge is 0.295 e. The zero-order chi connectivity index (χ0) is 22.7. The van der Waals surface area contributed by atoms with Gasteiger partial charge in [0.15, 0.2) is 0 Å². The summed E-state index contributed by atoms with van der Waals surface area (Å²) in [4.78, 5) is 27.6. The molecule has 0 aliphatic carbocycles. The quantitative estimate of drug-likeness (QED) is 0.411. The normalized spacial score (nSPS) is 18.1. The van der Waals surface area contributed by atoms with Crippen LogP contribution in [0.25, 0.3) is 5.76 Å². The fourth-order valence-electron chi connectivity index (χ4n) is 3.87. The summed E-state index contributed by atoms with van der Waals surface area (Å²) in [5.41, 5.74) is 3.06. The number of nitrogens with zero attached hydrogens (tertiary/aromatic N) is 1. The summed E-state index contributed by atoms with van der Waals surface area (Å²) in [5, 5.41) is 11.3. The van der Waals surface area contributed by atoms with Gasteiger partial charge in [0.1, 0.15) is 11.5 Å². The number of benzene rings is 2. The van der Waals surface area contributed by atoms with Crippen molar-refractivity contribution in [3.05, 3.63) is 70.3 Å². The number of methoxy groups -OCH3 is 1. The Morgan fingerprint density at radius 1 is 1.13 bits per heavy atom. The van der Waals surface area contributed by atoms with Gasteiger partial charge in [-0.1, -0.05) is 35.9 Å². The topological polar surface area (TPSA) is 76.1 Å². The molecule has 31 heavy (non-hydrogen) atoms. The van der Waals surface area contributed by atoms with Gasteiger partial charge in [-0.2, -0.15) is 0 Å². The number of aliphatic hydroxyl groups excluding tert-OH is 1. The molecule has 0 spiro atoms. The van der Waals surface area contributed by atoms with Crippen LogP contribution < -0.4 is 4.74 Å². The average molecular weight is 424 g/mol. The number of ketones is 1. The van der Waals surface area contributed by atoms with Gasteiger partial charge in [-0.25, -0.2) is 0 Å². The monoisotopic (exact) mass is 423 g/mol. The average Bonchev–Trinajstić information content (AvgIpc) is 2.98. The highest BCUT2D eigenvalue weighted by Crippen LogP contribution is 2.41. The molecule has 1 fully saturated rings. The summed E-state index contributed by atoms with van der Waals surface area (Å²) in [7, 11) is 1.50. The van der Waals surface area contributed by atoms with E-state index >= 15 is 0 Å². The number of carbonyl (C=O) groups excluding carboxylic acids is 2. The number of rotatable bonds is 7. The number of amides is 1. The molecule has 1 amide bonds. The first-order valence-corrected chi connectivity index (χ1v) is 10.4. The molecule has 0 bridgehead atoms. The first-order chi connectivity index (χ1) is 14.8. The number of likely N-dealkylation sites (tertiary alicyclic amines) is 1. The molecule has 0 aromatic heterocycles. The lowest BCUT2D eigenvalue weighted by atomic mass is 9.92. The van der Waals surface area contributed by atoms with Crippen molar-refractivity contribution in [3.8, 4) is 5.75 Å². The summed E-state index contributed by atoms with van der Waals surface area (Å²) in [5.74, 6) is -1.16. The van der Waals surface area contributed by atoms with Crippen LogP contribution in [0.3, 0.4) is 0 Å². The van der Waals surface area contributed by atoms with Gasteiger partial charge in [0.25, 0.3) is 11.7 Å². The first kappa shape index (κ1) is 22.6. The molecule has 3 rings (SSSR count). The van der Waals surface area contributed by atoms with Crippen LogP contribution in [-0.2, 0) is 14.3 Å². The molecule has 164 valence electrons. The molecular formula is C25H29NO5. The van der Waals surface area contributed by atoms with Crippen LogP contribution in [0.1, 0.15) is 42.1 Å². The Labute approximate surface area is 183 Å². The predicted molar refractivity (Wildman–Crippen MR) is 119 cm³/mol. The van der Waals surface area contributed by atoms with Crippen molar-refractivity contribution in [1.29, 1.82) is 0 Å². The Morgan fingerprint density at radius 3 is 2.48 bits per heavy atom. The van der Waals surface area contributed by atoms with Crippen molar-refractivity contribution in [1.82, 2.24) is 4.90 Å². The lowest BCUT2D eigenvalue weighted by Crippen LogP contribution is -2.33. The van der Waals surface area contributed by atoms with E-state index in [0.29, 0.717) is 17.9 Å². The fourth-order valence-corrected chi connectivity index (χ4v) is 3.87. The highest BCUT2D eigenvalue weighted by atomic mass is 16.5. The number of carbonyl (C=O) groups is 2. The Hall–Kier alpha value is -3.12. The Kier molecular flexibility index (Phi) is 6.81. The van der Waals surface area contributed by atoms with E-state index in [-0.39, 0.29) is 24.0 Å². The first-order valence-electron chi connectivity index (χ1n) is 10.4. The minimum absolute atomic E-state index is 0.00490. The van der Waals surface area contributed by atoms with E-state index < -0.39 is 17.7 Å². The number of hydrogen-bond donors (Lipinski definition) is 1. The molecule has 1 unspecified atom stereocenters.